The Kier molecular flexibility index (Phi) is 6.13. The Morgan fingerprint density at radius 2 is 2.22 bits per heavy atom. The van der Waals surface area contributed by atoms with Crippen LogP contribution in [-0.4, -0.2) is 30.2 Å². The van der Waals surface area contributed by atoms with E-state index in [1.165, 1.54) is 0 Å². The van der Waals surface area contributed by atoms with Gasteiger partial charge in [0.1, 0.15) is 17.6 Å². The van der Waals surface area contributed by atoms with Crippen LogP contribution in [0.15, 0.2) is 36.0 Å². The monoisotopic (exact) mass is 366 g/mol. The number of hydrogen-bond donors (Lipinski definition) is 0. The molecule has 140 valence electrons. The topological polar surface area (TPSA) is 54.7 Å². The largest absolute Gasteiger partial charge is 0.608 e. The summed E-state index contributed by atoms with van der Waals surface area (Å²) in [4.78, 5) is 23.9. The van der Waals surface area contributed by atoms with Crippen molar-refractivity contribution in [3.8, 4) is 11.8 Å². The van der Waals surface area contributed by atoms with Gasteiger partial charge in [-0.1, -0.05) is 19.6 Å². The van der Waals surface area contributed by atoms with Crippen LogP contribution in [0.1, 0.15) is 51.9 Å². The number of fused-ring (bicyclic) bond motifs is 1. The second kappa shape index (κ2) is 8.54. The zero-order chi connectivity index (χ0) is 19.4. The van der Waals surface area contributed by atoms with Crippen LogP contribution in [0.5, 0.6) is 0 Å². The molecular formula is C23H26O4+2. The highest BCUT2D eigenvalue weighted by atomic mass is 16.5. The Bertz CT molecular complexity index is 787. The van der Waals surface area contributed by atoms with Gasteiger partial charge in [0.15, 0.2) is 5.57 Å². The number of hydrogen-bond acceptors (Lipinski definition) is 3. The molecule has 3 aliphatic rings. The van der Waals surface area contributed by atoms with E-state index in [0.717, 1.165) is 42.1 Å². The fourth-order valence-electron chi connectivity index (χ4n) is 3.71. The third-order valence-corrected chi connectivity index (χ3v) is 5.35. The van der Waals surface area contributed by atoms with Crippen molar-refractivity contribution in [2.45, 2.75) is 58.0 Å². The first-order valence-electron chi connectivity index (χ1n) is 9.65. The maximum Gasteiger partial charge on any atom is 0.608 e. The molecule has 0 saturated carbocycles. The molecular weight excluding hydrogens is 340 g/mol. The van der Waals surface area contributed by atoms with Crippen molar-refractivity contribution >= 4 is 17.5 Å². The molecule has 0 radical (unpaired) electrons. The molecule has 1 fully saturated rings. The molecule has 0 unspecified atom stereocenters. The molecule has 0 aromatic rings. The number of carbonyl (C=O) groups is 2. The van der Waals surface area contributed by atoms with E-state index >= 15 is 0 Å². The fraction of sp³-hybridized carbons (Fsp3) is 0.478. The van der Waals surface area contributed by atoms with Gasteiger partial charge in [-0.25, -0.2) is 0 Å². The van der Waals surface area contributed by atoms with Crippen LogP contribution >= 0.6 is 0 Å². The minimum atomic E-state index is -0.363. The van der Waals surface area contributed by atoms with E-state index in [4.69, 9.17) is 9.16 Å². The van der Waals surface area contributed by atoms with E-state index < -0.39 is 0 Å². The van der Waals surface area contributed by atoms with Crippen LogP contribution in [0, 0.1) is 23.7 Å². The molecule has 0 aromatic heterocycles. The number of rotatable bonds is 5. The van der Waals surface area contributed by atoms with Crippen LogP contribution in [0.2, 0.25) is 0 Å². The third kappa shape index (κ3) is 4.48. The first kappa shape index (κ1) is 19.4. The molecule has 2 atom stereocenters. The van der Waals surface area contributed by atoms with Gasteiger partial charge in [0.2, 0.25) is 5.78 Å². The van der Waals surface area contributed by atoms with Gasteiger partial charge in [-0.3, -0.25) is 9.22 Å². The summed E-state index contributed by atoms with van der Waals surface area (Å²) in [6, 6.07) is 0. The molecule has 0 aromatic carbocycles. The number of Topliss-reactive ketones (excluding diaryl/α,β-unsaturated/α-hetero) is 1. The van der Waals surface area contributed by atoms with E-state index in [1.807, 2.05) is 6.92 Å². The number of allylic oxidation sites excluding steroid dienone is 3. The summed E-state index contributed by atoms with van der Waals surface area (Å²) in [6.45, 7) is 10.3. The molecule has 27 heavy (non-hydrogen) atoms. The Labute approximate surface area is 161 Å². The van der Waals surface area contributed by atoms with Gasteiger partial charge in [-0.05, 0) is 19.3 Å². The molecule has 1 aliphatic heterocycles. The van der Waals surface area contributed by atoms with Crippen molar-refractivity contribution in [2.75, 3.05) is 6.61 Å². The van der Waals surface area contributed by atoms with Crippen molar-refractivity contribution in [3.05, 3.63) is 41.9 Å². The van der Waals surface area contributed by atoms with E-state index in [9.17, 15) is 9.59 Å². The second-order valence-corrected chi connectivity index (χ2v) is 7.22. The lowest BCUT2D eigenvalue weighted by Gasteiger charge is -2.27. The van der Waals surface area contributed by atoms with Crippen molar-refractivity contribution in [1.82, 2.24) is 0 Å². The van der Waals surface area contributed by atoms with Crippen molar-refractivity contribution in [2.24, 2.45) is 5.92 Å². The first-order chi connectivity index (χ1) is 13.0. The van der Waals surface area contributed by atoms with Crippen LogP contribution in [0.3, 0.4) is 0 Å². The summed E-state index contributed by atoms with van der Waals surface area (Å²) in [7, 11) is 0. The first-order valence-corrected chi connectivity index (χ1v) is 9.65. The highest BCUT2D eigenvalue weighted by Gasteiger charge is 2.45. The standard InChI is InChI=1S/C23H26O4/c1-4-15(2)23(25)27-21-7-5-6-17-9-8-16(3)20(22(17)21)11-10-19-14-18(24)12-13-26-19/h6,19,22H,2-5,7,10-14H2,1H3/q+2/t19-,22+/m1/s1. The fourth-order valence-corrected chi connectivity index (χ4v) is 3.71. The Morgan fingerprint density at radius 1 is 1.41 bits per heavy atom. The van der Waals surface area contributed by atoms with Crippen molar-refractivity contribution in [3.63, 3.8) is 0 Å². The second-order valence-electron chi connectivity index (χ2n) is 7.22. The van der Waals surface area contributed by atoms with E-state index in [-0.39, 0.29) is 23.8 Å². The molecule has 0 amide bonds. The van der Waals surface area contributed by atoms with Crippen LogP contribution in [0.4, 0.5) is 0 Å². The normalized spacial score (nSPS) is 26.2. The smallest absolute Gasteiger partial charge is 0.377 e. The number of ketones is 2. The van der Waals surface area contributed by atoms with Gasteiger partial charge in [0, 0.05) is 43.8 Å². The number of carbonyl (C=O) groups excluding carboxylic acids is 3. The quantitative estimate of drug-likeness (QED) is 0.323. The number of ether oxygens (including phenoxy) is 1. The molecule has 1 heterocycles. The van der Waals surface area contributed by atoms with Crippen LogP contribution in [-0.2, 0) is 18.8 Å². The van der Waals surface area contributed by atoms with Gasteiger partial charge in [-0.2, -0.15) is 0 Å². The zero-order valence-corrected chi connectivity index (χ0v) is 15.9. The summed E-state index contributed by atoms with van der Waals surface area (Å²) in [5.41, 5.74) is 2.23. The predicted molar refractivity (Wildman–Crippen MR) is 104 cm³/mol. The van der Waals surface area contributed by atoms with Crippen LogP contribution < -0.4 is 0 Å². The average molecular weight is 366 g/mol. The average Bonchev–Trinajstić information content (AvgIpc) is 2.67. The van der Waals surface area contributed by atoms with Gasteiger partial charge in [0.05, 0.1) is 29.0 Å². The lowest BCUT2D eigenvalue weighted by molar-refractivity contribution is -0.376. The highest BCUT2D eigenvalue weighted by Crippen LogP contribution is 2.40. The van der Waals surface area contributed by atoms with E-state index in [1.54, 1.807) is 0 Å². The lowest BCUT2D eigenvalue weighted by Crippen LogP contribution is -2.33. The maximum absolute atomic E-state index is 12.3. The molecule has 4 nitrogen and oxygen atoms in total. The molecule has 0 bridgehead atoms. The Morgan fingerprint density at radius 3 is 2.96 bits per heavy atom. The molecule has 0 N–H and O–H groups in total. The van der Waals surface area contributed by atoms with Crippen molar-refractivity contribution < 1.29 is 18.8 Å². The van der Waals surface area contributed by atoms with E-state index in [2.05, 4.69) is 31.1 Å². The Hall–Kier alpha value is -2.38. The van der Waals surface area contributed by atoms with E-state index in [0.29, 0.717) is 37.9 Å². The lowest BCUT2D eigenvalue weighted by atomic mass is 9.70. The summed E-state index contributed by atoms with van der Waals surface area (Å²) < 4.78 is 11.5. The summed E-state index contributed by atoms with van der Waals surface area (Å²) in [5, 5.41) is 0. The predicted octanol–water partition coefficient (Wildman–Crippen LogP) is 3.60. The van der Waals surface area contributed by atoms with Gasteiger partial charge in [-0.15, -0.1) is 0 Å². The van der Waals surface area contributed by atoms with Gasteiger partial charge in [0.25, 0.3) is 0 Å². The van der Waals surface area contributed by atoms with Gasteiger partial charge >= 0.3 is 5.97 Å². The Balaban J connectivity index is 1.79. The maximum atomic E-state index is 12.3. The molecule has 2 aliphatic carbocycles. The minimum absolute atomic E-state index is 0.0525. The zero-order valence-electron chi connectivity index (χ0n) is 15.9. The minimum Gasteiger partial charge on any atom is -0.377 e. The summed E-state index contributed by atoms with van der Waals surface area (Å²) >= 11 is 0. The van der Waals surface area contributed by atoms with Crippen molar-refractivity contribution in [1.29, 1.82) is 0 Å². The molecule has 4 heteroatoms. The third-order valence-electron chi connectivity index (χ3n) is 5.35. The summed E-state index contributed by atoms with van der Waals surface area (Å²) in [6.07, 6.45) is 6.58. The van der Waals surface area contributed by atoms with Gasteiger partial charge < -0.3 is 4.74 Å². The molecule has 1 saturated heterocycles. The molecule has 3 rings (SSSR count). The molecule has 0 spiro atoms. The summed E-state index contributed by atoms with van der Waals surface area (Å²) in [5.74, 6) is 7.85. The van der Waals surface area contributed by atoms with Crippen LogP contribution in [0.25, 0.3) is 0 Å². The highest BCUT2D eigenvalue weighted by molar-refractivity contribution is 5.96. The SMILES string of the molecule is C=C(CC)C(=O)[O+]=C1CCC=C2C#CC(=C)[C+](CC[C@@H]3CC(=O)CCO3)[C@H]21.